The van der Waals surface area contributed by atoms with Crippen LogP contribution in [-0.4, -0.2) is 22.8 Å². The molecule has 0 aliphatic carbocycles. The molecule has 0 aromatic heterocycles. The predicted octanol–water partition coefficient (Wildman–Crippen LogP) is 1.91. The van der Waals surface area contributed by atoms with Gasteiger partial charge in [-0.15, -0.1) is 0 Å². The van der Waals surface area contributed by atoms with E-state index in [0.717, 1.165) is 13.0 Å². The Bertz CT molecular complexity index is 529. The highest BCUT2D eigenvalue weighted by Crippen LogP contribution is 2.35. The highest BCUT2D eigenvalue weighted by molar-refractivity contribution is 5.96. The van der Waals surface area contributed by atoms with Gasteiger partial charge in [0, 0.05) is 12.6 Å². The van der Waals surface area contributed by atoms with Crippen LogP contribution in [0, 0.1) is 17.2 Å². The van der Waals surface area contributed by atoms with Gasteiger partial charge in [0.1, 0.15) is 0 Å². The first-order chi connectivity index (χ1) is 8.79. The summed E-state index contributed by atoms with van der Waals surface area (Å²) in [6, 6.07) is 12.4. The summed E-state index contributed by atoms with van der Waals surface area (Å²) in [4.78, 5) is 14.1. The van der Waals surface area contributed by atoms with Crippen molar-refractivity contribution in [2.45, 2.75) is 25.0 Å². The minimum absolute atomic E-state index is 0.0752. The van der Waals surface area contributed by atoms with Crippen molar-refractivity contribution < 1.29 is 4.79 Å². The molecule has 90 valence electrons. The maximum absolute atomic E-state index is 11.9. The number of fused-ring (bicyclic) bond motifs is 2. The summed E-state index contributed by atoms with van der Waals surface area (Å²) in [5.74, 6) is -0.0903. The number of nitriles is 1. The summed E-state index contributed by atoms with van der Waals surface area (Å²) >= 11 is 0. The van der Waals surface area contributed by atoms with Crippen molar-refractivity contribution in [2.75, 3.05) is 0 Å². The molecule has 2 heterocycles. The summed E-state index contributed by atoms with van der Waals surface area (Å²) in [5.41, 5.74) is 1.19. The van der Waals surface area contributed by atoms with Gasteiger partial charge in [0.25, 0.3) is 0 Å². The lowest BCUT2D eigenvalue weighted by atomic mass is 9.99. The maximum Gasteiger partial charge on any atom is 0.173 e. The van der Waals surface area contributed by atoms with E-state index >= 15 is 0 Å². The Morgan fingerprint density at radius 3 is 2.83 bits per heavy atom. The van der Waals surface area contributed by atoms with E-state index in [1.54, 1.807) is 6.08 Å². The Hall–Kier alpha value is -1.92. The highest BCUT2D eigenvalue weighted by atomic mass is 16.1. The molecule has 0 N–H and O–H groups in total. The number of ketones is 1. The van der Waals surface area contributed by atoms with Crippen molar-refractivity contribution >= 4 is 5.78 Å². The van der Waals surface area contributed by atoms with Gasteiger partial charge in [0.15, 0.2) is 5.78 Å². The average molecular weight is 238 g/mol. The van der Waals surface area contributed by atoms with Crippen LogP contribution in [0.5, 0.6) is 0 Å². The van der Waals surface area contributed by atoms with Gasteiger partial charge in [-0.25, -0.2) is 0 Å². The van der Waals surface area contributed by atoms with Crippen molar-refractivity contribution in [1.82, 2.24) is 4.90 Å². The van der Waals surface area contributed by atoms with Gasteiger partial charge in [0.2, 0.25) is 0 Å². The van der Waals surface area contributed by atoms with Crippen LogP contribution < -0.4 is 0 Å². The van der Waals surface area contributed by atoms with Crippen LogP contribution in [0.4, 0.5) is 0 Å². The fourth-order valence-corrected chi connectivity index (χ4v) is 2.95. The molecule has 2 bridgehead atoms. The van der Waals surface area contributed by atoms with Gasteiger partial charge in [-0.1, -0.05) is 36.4 Å². The zero-order chi connectivity index (χ0) is 12.5. The summed E-state index contributed by atoms with van der Waals surface area (Å²) in [6.07, 6.45) is 4.36. The Balaban J connectivity index is 1.87. The molecule has 0 saturated carbocycles. The number of benzene rings is 1. The molecule has 0 amide bonds. The first kappa shape index (κ1) is 11.2. The van der Waals surface area contributed by atoms with Crippen molar-refractivity contribution in [1.29, 1.82) is 5.26 Å². The molecular weight excluding hydrogens is 224 g/mol. The number of hydrogen-bond donors (Lipinski definition) is 0. The lowest BCUT2D eigenvalue weighted by molar-refractivity contribution is -0.120. The second kappa shape index (κ2) is 4.40. The summed E-state index contributed by atoms with van der Waals surface area (Å²) in [5, 5.41) is 9.16. The van der Waals surface area contributed by atoms with Crippen molar-refractivity contribution in [3.63, 3.8) is 0 Å². The molecule has 0 radical (unpaired) electrons. The summed E-state index contributed by atoms with van der Waals surface area (Å²) < 4.78 is 0. The quantitative estimate of drug-likeness (QED) is 0.790. The Morgan fingerprint density at radius 2 is 2.11 bits per heavy atom. The number of nitrogens with zero attached hydrogens (tertiary/aromatic N) is 2. The minimum atomic E-state index is -0.245. The first-order valence-electron chi connectivity index (χ1n) is 6.21. The summed E-state index contributed by atoms with van der Waals surface area (Å²) in [6.45, 7) is 0.741. The van der Waals surface area contributed by atoms with E-state index in [4.69, 9.17) is 5.26 Å². The normalized spacial score (nSPS) is 30.4. The van der Waals surface area contributed by atoms with E-state index < -0.39 is 0 Å². The number of carbonyl (C=O) groups excluding carboxylic acids is 1. The molecule has 1 aromatic rings. The fraction of sp³-hybridized carbons (Fsp3) is 0.333. The standard InChI is InChI=1S/C15H14N2O/c16-9-12-8-13-6-7-14(18)15(12)17(13)10-11-4-2-1-3-5-11/h1-7,12-13,15H,8,10H2/t12-,13-,15-/m1/s1. The van der Waals surface area contributed by atoms with E-state index in [0.29, 0.717) is 0 Å². The van der Waals surface area contributed by atoms with E-state index in [9.17, 15) is 4.79 Å². The molecule has 1 aromatic carbocycles. The SMILES string of the molecule is N#C[C@H]1C[C@H]2C=CC(=O)[C@@H]1N2Cc1ccccc1. The molecule has 2 aliphatic heterocycles. The zero-order valence-corrected chi connectivity index (χ0v) is 9.99. The van der Waals surface area contributed by atoms with Crippen LogP contribution >= 0.6 is 0 Å². The van der Waals surface area contributed by atoms with Crippen molar-refractivity contribution in [2.24, 2.45) is 5.92 Å². The van der Waals surface area contributed by atoms with Gasteiger partial charge in [-0.3, -0.25) is 9.69 Å². The minimum Gasteiger partial charge on any atom is -0.293 e. The molecule has 3 heteroatoms. The maximum atomic E-state index is 11.9. The summed E-state index contributed by atoms with van der Waals surface area (Å²) in [7, 11) is 0. The molecule has 2 aliphatic rings. The largest absolute Gasteiger partial charge is 0.293 e. The smallest absolute Gasteiger partial charge is 0.173 e. The Morgan fingerprint density at radius 1 is 1.33 bits per heavy atom. The molecule has 3 rings (SSSR count). The second-order valence-electron chi connectivity index (χ2n) is 4.90. The Labute approximate surface area is 106 Å². The lowest BCUT2D eigenvalue weighted by Gasteiger charge is -2.30. The van der Waals surface area contributed by atoms with Gasteiger partial charge < -0.3 is 0 Å². The van der Waals surface area contributed by atoms with Gasteiger partial charge >= 0.3 is 0 Å². The monoisotopic (exact) mass is 238 g/mol. The highest BCUT2D eigenvalue weighted by Gasteiger charge is 2.45. The van der Waals surface area contributed by atoms with Gasteiger partial charge in [-0.2, -0.15) is 5.26 Å². The predicted molar refractivity (Wildman–Crippen MR) is 67.4 cm³/mol. The van der Waals surface area contributed by atoms with Crippen LogP contribution in [0.3, 0.4) is 0 Å². The molecule has 1 saturated heterocycles. The number of hydrogen-bond acceptors (Lipinski definition) is 3. The third-order valence-electron chi connectivity index (χ3n) is 3.81. The first-order valence-corrected chi connectivity index (χ1v) is 6.21. The second-order valence-corrected chi connectivity index (χ2v) is 4.90. The van der Waals surface area contributed by atoms with Crippen molar-refractivity contribution in [3.8, 4) is 6.07 Å². The number of carbonyl (C=O) groups is 1. The lowest BCUT2D eigenvalue weighted by Crippen LogP contribution is -2.43. The average Bonchev–Trinajstić information content (AvgIpc) is 2.65. The molecule has 0 spiro atoms. The molecule has 3 nitrogen and oxygen atoms in total. The van der Waals surface area contributed by atoms with E-state index in [-0.39, 0.29) is 23.8 Å². The zero-order valence-electron chi connectivity index (χ0n) is 9.99. The van der Waals surface area contributed by atoms with Gasteiger partial charge in [0.05, 0.1) is 18.0 Å². The fourth-order valence-electron chi connectivity index (χ4n) is 2.95. The third kappa shape index (κ3) is 1.75. The van der Waals surface area contributed by atoms with E-state index in [1.807, 2.05) is 24.3 Å². The molecule has 18 heavy (non-hydrogen) atoms. The van der Waals surface area contributed by atoms with Gasteiger partial charge in [-0.05, 0) is 18.1 Å². The number of rotatable bonds is 2. The molecule has 1 fully saturated rings. The van der Waals surface area contributed by atoms with Crippen molar-refractivity contribution in [3.05, 3.63) is 48.0 Å². The topological polar surface area (TPSA) is 44.1 Å². The van der Waals surface area contributed by atoms with E-state index in [1.165, 1.54) is 5.56 Å². The molecular formula is C15H14N2O. The van der Waals surface area contributed by atoms with Crippen LogP contribution in [0.15, 0.2) is 42.5 Å². The van der Waals surface area contributed by atoms with E-state index in [2.05, 4.69) is 23.1 Å². The molecule has 3 atom stereocenters. The van der Waals surface area contributed by atoms with Crippen LogP contribution in [0.2, 0.25) is 0 Å². The Kier molecular flexibility index (Phi) is 2.73. The van der Waals surface area contributed by atoms with Crippen LogP contribution in [-0.2, 0) is 11.3 Å². The van der Waals surface area contributed by atoms with Crippen LogP contribution in [0.1, 0.15) is 12.0 Å². The van der Waals surface area contributed by atoms with Crippen LogP contribution in [0.25, 0.3) is 0 Å². The third-order valence-corrected chi connectivity index (χ3v) is 3.81. The molecule has 0 unspecified atom stereocenters.